The number of rotatable bonds is 7. The smallest absolute Gasteiger partial charge is 0.254 e. The van der Waals surface area contributed by atoms with E-state index in [1.807, 2.05) is 0 Å². The van der Waals surface area contributed by atoms with Crippen molar-refractivity contribution in [3.8, 4) is 0 Å². The number of nitrogens with zero attached hydrogens (tertiary/aromatic N) is 2. The quantitative estimate of drug-likeness (QED) is 0.609. The highest BCUT2D eigenvalue weighted by atomic mass is 19.2. The summed E-state index contributed by atoms with van der Waals surface area (Å²) < 4.78 is 39.4. The summed E-state index contributed by atoms with van der Waals surface area (Å²) in [6.45, 7) is 5.79. The van der Waals surface area contributed by atoms with Crippen LogP contribution in [0.1, 0.15) is 29.6 Å². The summed E-state index contributed by atoms with van der Waals surface area (Å²) in [6, 6.07) is 1.71. The van der Waals surface area contributed by atoms with E-state index in [1.165, 1.54) is 0 Å². The van der Waals surface area contributed by atoms with E-state index in [-0.39, 0.29) is 0 Å². The predicted molar refractivity (Wildman–Crippen MR) is 86.4 cm³/mol. The van der Waals surface area contributed by atoms with Gasteiger partial charge >= 0.3 is 0 Å². The fourth-order valence-corrected chi connectivity index (χ4v) is 2.71. The Hall–Kier alpha value is -1.60. The Balaban J connectivity index is 1.62. The molecule has 134 valence electrons. The van der Waals surface area contributed by atoms with Crippen molar-refractivity contribution in [2.24, 2.45) is 0 Å². The van der Waals surface area contributed by atoms with Crippen molar-refractivity contribution in [1.82, 2.24) is 15.1 Å². The number of hydrogen-bond donors (Lipinski definition) is 1. The highest BCUT2D eigenvalue weighted by Gasteiger charge is 2.18. The van der Waals surface area contributed by atoms with Crippen molar-refractivity contribution in [2.75, 3.05) is 46.3 Å². The zero-order valence-electron chi connectivity index (χ0n) is 14.0. The molecule has 0 radical (unpaired) electrons. The molecule has 4 nitrogen and oxygen atoms in total. The molecule has 0 spiro atoms. The topological polar surface area (TPSA) is 35.6 Å². The second-order valence-electron chi connectivity index (χ2n) is 6.18. The first-order valence-electron chi connectivity index (χ1n) is 8.31. The minimum absolute atomic E-state index is 0.389. The number of benzene rings is 1. The molecule has 1 aliphatic rings. The van der Waals surface area contributed by atoms with Gasteiger partial charge < -0.3 is 15.1 Å². The number of piperazine rings is 1. The third-order valence-electron chi connectivity index (χ3n) is 4.31. The molecule has 0 bridgehead atoms. The molecule has 1 amide bonds. The van der Waals surface area contributed by atoms with Crippen LogP contribution >= 0.6 is 0 Å². The zero-order valence-corrected chi connectivity index (χ0v) is 14.0. The summed E-state index contributed by atoms with van der Waals surface area (Å²) >= 11 is 0. The summed E-state index contributed by atoms with van der Waals surface area (Å²) in [5.74, 6) is -5.07. The summed E-state index contributed by atoms with van der Waals surface area (Å²) in [7, 11) is 2.12. The molecule has 0 unspecified atom stereocenters. The van der Waals surface area contributed by atoms with E-state index in [0.717, 1.165) is 64.1 Å². The molecule has 0 aliphatic carbocycles. The lowest BCUT2D eigenvalue weighted by molar-refractivity contribution is 0.0947. The van der Waals surface area contributed by atoms with Gasteiger partial charge in [-0.15, -0.1) is 0 Å². The number of hydrogen-bond acceptors (Lipinski definition) is 3. The third-order valence-corrected chi connectivity index (χ3v) is 4.31. The van der Waals surface area contributed by atoms with Crippen LogP contribution in [0.5, 0.6) is 0 Å². The van der Waals surface area contributed by atoms with Crippen LogP contribution in [0.3, 0.4) is 0 Å². The molecule has 0 atom stereocenters. The van der Waals surface area contributed by atoms with E-state index in [9.17, 15) is 18.0 Å². The molecule has 24 heavy (non-hydrogen) atoms. The van der Waals surface area contributed by atoms with E-state index in [4.69, 9.17) is 0 Å². The molecular weight excluding hydrogens is 319 g/mol. The normalized spacial score (nSPS) is 16.3. The Labute approximate surface area is 140 Å². The molecule has 0 saturated carbocycles. The summed E-state index contributed by atoms with van der Waals surface area (Å²) in [5.41, 5.74) is -0.466. The van der Waals surface area contributed by atoms with Crippen LogP contribution in [0.2, 0.25) is 0 Å². The molecule has 2 rings (SSSR count). The van der Waals surface area contributed by atoms with E-state index in [1.54, 1.807) is 0 Å². The van der Waals surface area contributed by atoms with Gasteiger partial charge in [-0.2, -0.15) is 0 Å². The van der Waals surface area contributed by atoms with Gasteiger partial charge in [-0.25, -0.2) is 13.2 Å². The van der Waals surface area contributed by atoms with Crippen LogP contribution < -0.4 is 5.32 Å². The monoisotopic (exact) mass is 343 g/mol. The van der Waals surface area contributed by atoms with Gasteiger partial charge in [0.2, 0.25) is 0 Å². The van der Waals surface area contributed by atoms with Gasteiger partial charge in [0.05, 0.1) is 5.56 Å². The zero-order chi connectivity index (χ0) is 17.5. The summed E-state index contributed by atoms with van der Waals surface area (Å²) in [5, 5.41) is 2.54. The first kappa shape index (κ1) is 18.7. The van der Waals surface area contributed by atoms with Crippen LogP contribution in [-0.2, 0) is 0 Å². The molecule has 1 aliphatic heterocycles. The summed E-state index contributed by atoms with van der Waals surface area (Å²) in [4.78, 5) is 16.5. The van der Waals surface area contributed by atoms with Crippen LogP contribution in [0.15, 0.2) is 12.1 Å². The average Bonchev–Trinajstić information content (AvgIpc) is 2.57. The Morgan fingerprint density at radius 2 is 1.75 bits per heavy atom. The number of carbonyl (C=O) groups excluding carboxylic acids is 1. The first-order chi connectivity index (χ1) is 11.5. The van der Waals surface area contributed by atoms with Crippen molar-refractivity contribution < 1.29 is 18.0 Å². The number of nitrogens with one attached hydrogen (secondary N) is 1. The Morgan fingerprint density at radius 1 is 1.04 bits per heavy atom. The van der Waals surface area contributed by atoms with Crippen molar-refractivity contribution in [1.29, 1.82) is 0 Å². The Kier molecular flexibility index (Phi) is 7.05. The Morgan fingerprint density at radius 3 is 2.46 bits per heavy atom. The van der Waals surface area contributed by atoms with Crippen molar-refractivity contribution in [3.63, 3.8) is 0 Å². The lowest BCUT2D eigenvalue weighted by atomic mass is 10.1. The molecule has 1 heterocycles. The number of halogens is 3. The van der Waals surface area contributed by atoms with Gasteiger partial charge in [-0.1, -0.05) is 6.42 Å². The van der Waals surface area contributed by atoms with Crippen LogP contribution in [0.4, 0.5) is 13.2 Å². The predicted octanol–water partition coefficient (Wildman–Crippen LogP) is 2.25. The average molecular weight is 343 g/mol. The highest BCUT2D eigenvalue weighted by Crippen LogP contribution is 2.15. The molecule has 1 N–H and O–H groups in total. The maximum absolute atomic E-state index is 13.5. The fraction of sp³-hybridized carbons (Fsp3) is 0.588. The first-order valence-corrected chi connectivity index (χ1v) is 8.31. The highest BCUT2D eigenvalue weighted by molar-refractivity contribution is 5.94. The molecule has 7 heteroatoms. The number of amides is 1. The lowest BCUT2D eigenvalue weighted by Gasteiger charge is -2.32. The Bertz CT molecular complexity index is 560. The molecule has 1 saturated heterocycles. The number of carbonyl (C=O) groups is 1. The van der Waals surface area contributed by atoms with E-state index >= 15 is 0 Å². The van der Waals surface area contributed by atoms with Gasteiger partial charge in [0.15, 0.2) is 17.5 Å². The maximum Gasteiger partial charge on any atom is 0.254 e. The van der Waals surface area contributed by atoms with Crippen LogP contribution in [0.25, 0.3) is 0 Å². The molecule has 1 aromatic rings. The second-order valence-corrected chi connectivity index (χ2v) is 6.18. The summed E-state index contributed by atoms with van der Waals surface area (Å²) in [6.07, 6.45) is 2.76. The number of likely N-dealkylation sites (N-methyl/N-ethyl adjacent to an activating group) is 1. The van der Waals surface area contributed by atoms with Crippen LogP contribution in [0, 0.1) is 17.5 Å². The van der Waals surface area contributed by atoms with Crippen molar-refractivity contribution in [2.45, 2.75) is 19.3 Å². The van der Waals surface area contributed by atoms with E-state index < -0.39 is 28.9 Å². The molecule has 1 aromatic carbocycles. The minimum atomic E-state index is -1.62. The van der Waals surface area contributed by atoms with Gasteiger partial charge in [0.1, 0.15) is 0 Å². The molecular formula is C17H24F3N3O. The molecule has 1 fully saturated rings. The van der Waals surface area contributed by atoms with Gasteiger partial charge in [-0.3, -0.25) is 4.79 Å². The molecule has 0 aromatic heterocycles. The van der Waals surface area contributed by atoms with Gasteiger partial charge in [-0.05, 0) is 38.6 Å². The van der Waals surface area contributed by atoms with Gasteiger partial charge in [0, 0.05) is 32.7 Å². The maximum atomic E-state index is 13.5. The third kappa shape index (κ3) is 5.21. The fourth-order valence-electron chi connectivity index (χ4n) is 2.71. The standard InChI is InChI=1S/C17H24F3N3O/c1-22-9-11-23(12-10-22)8-4-2-3-7-21-17(24)13-5-6-14(18)16(20)15(13)19/h5-6H,2-4,7-12H2,1H3,(H,21,24). The van der Waals surface area contributed by atoms with E-state index in [2.05, 4.69) is 22.2 Å². The van der Waals surface area contributed by atoms with E-state index in [0.29, 0.717) is 6.54 Å². The largest absolute Gasteiger partial charge is 0.352 e. The van der Waals surface area contributed by atoms with Gasteiger partial charge in [0.25, 0.3) is 5.91 Å². The number of unbranched alkanes of at least 4 members (excludes halogenated alkanes) is 2. The van der Waals surface area contributed by atoms with Crippen molar-refractivity contribution >= 4 is 5.91 Å². The van der Waals surface area contributed by atoms with Crippen LogP contribution in [-0.4, -0.2) is 62.0 Å². The lowest BCUT2D eigenvalue weighted by Crippen LogP contribution is -2.44. The van der Waals surface area contributed by atoms with Crippen molar-refractivity contribution in [3.05, 3.63) is 35.1 Å². The SMILES string of the molecule is CN1CCN(CCCCCNC(=O)c2ccc(F)c(F)c2F)CC1. The second kappa shape index (κ2) is 9.03. The minimum Gasteiger partial charge on any atom is -0.352 e.